The molecule has 0 spiro atoms. The molecule has 0 aliphatic heterocycles. The number of alkyl halides is 1. The summed E-state index contributed by atoms with van der Waals surface area (Å²) < 4.78 is 6.08. The van der Waals surface area contributed by atoms with E-state index in [9.17, 15) is 4.79 Å². The lowest BCUT2D eigenvalue weighted by Gasteiger charge is -2.21. The number of rotatable bonds is 31. The molecule has 0 N–H and O–H groups in total. The molecule has 0 radical (unpaired) electrons. The smallest absolute Gasteiger partial charge is 0.303 e. The SMILES string of the molecule is CCCCCCCCCCCCCCSCC(I)C(OC(C)=O)SCCCCCCCCCCCCCC. The summed E-state index contributed by atoms with van der Waals surface area (Å²) in [7, 11) is 0. The summed E-state index contributed by atoms with van der Waals surface area (Å²) in [6, 6.07) is 0. The van der Waals surface area contributed by atoms with Crippen molar-refractivity contribution in [2.24, 2.45) is 0 Å². The van der Waals surface area contributed by atoms with Gasteiger partial charge < -0.3 is 4.74 Å². The second-order valence-corrected chi connectivity index (χ2v) is 15.2. The number of carbonyl (C=O) groups is 1. The van der Waals surface area contributed by atoms with Crippen LogP contribution in [-0.4, -0.2) is 32.6 Å². The molecule has 0 fully saturated rings. The van der Waals surface area contributed by atoms with Crippen LogP contribution in [0.4, 0.5) is 0 Å². The number of hydrogen-bond donors (Lipinski definition) is 0. The van der Waals surface area contributed by atoms with E-state index in [1.165, 1.54) is 160 Å². The number of halogens is 1. The maximum atomic E-state index is 11.6. The molecule has 2 nitrogen and oxygen atoms in total. The van der Waals surface area contributed by atoms with Crippen molar-refractivity contribution in [2.75, 3.05) is 17.3 Å². The maximum Gasteiger partial charge on any atom is 0.303 e. The third-order valence-corrected chi connectivity index (χ3v) is 11.9. The third kappa shape index (κ3) is 29.9. The standard InChI is InChI=1S/C33H65IO2S2/c1-4-6-8-10-12-14-16-18-20-22-24-26-28-37-30-32(34)33(36-31(3)35)38-29-27-25-23-21-19-17-15-13-11-9-7-5-2/h32-33H,4-30H2,1-3H3. The van der Waals surface area contributed by atoms with Gasteiger partial charge in [0.25, 0.3) is 0 Å². The fraction of sp³-hybridized carbons (Fsp3) is 0.970. The molecule has 0 aromatic rings. The number of thioether (sulfide) groups is 2. The van der Waals surface area contributed by atoms with Gasteiger partial charge in [-0.3, -0.25) is 4.79 Å². The zero-order chi connectivity index (χ0) is 27.9. The number of unbranched alkanes of at least 4 members (excludes halogenated alkanes) is 22. The lowest BCUT2D eigenvalue weighted by atomic mass is 10.1. The molecule has 0 heterocycles. The van der Waals surface area contributed by atoms with Crippen LogP contribution in [0.5, 0.6) is 0 Å². The van der Waals surface area contributed by atoms with E-state index in [1.807, 2.05) is 23.5 Å². The summed E-state index contributed by atoms with van der Waals surface area (Å²) in [4.78, 5) is 11.6. The van der Waals surface area contributed by atoms with Crippen molar-refractivity contribution in [1.82, 2.24) is 0 Å². The molecule has 2 unspecified atom stereocenters. The maximum absolute atomic E-state index is 11.6. The first kappa shape index (κ1) is 38.9. The van der Waals surface area contributed by atoms with Gasteiger partial charge in [0.05, 0.1) is 3.92 Å². The van der Waals surface area contributed by atoms with E-state index in [0.717, 1.165) is 11.5 Å². The molecule has 0 saturated heterocycles. The quantitative estimate of drug-likeness (QED) is 0.0239. The van der Waals surface area contributed by atoms with Gasteiger partial charge in [-0.15, -0.1) is 11.8 Å². The molecule has 0 amide bonds. The van der Waals surface area contributed by atoms with Gasteiger partial charge in [0.2, 0.25) is 0 Å². The Bertz CT molecular complexity index is 478. The Hall–Kier alpha value is 0.900. The molecule has 0 saturated carbocycles. The fourth-order valence-electron chi connectivity index (χ4n) is 4.84. The Morgan fingerprint density at radius 2 is 0.921 bits per heavy atom. The minimum Gasteiger partial charge on any atom is -0.450 e. The Labute approximate surface area is 261 Å². The second kappa shape index (κ2) is 32.4. The van der Waals surface area contributed by atoms with Gasteiger partial charge in [-0.05, 0) is 24.3 Å². The highest BCUT2D eigenvalue weighted by atomic mass is 127. The summed E-state index contributed by atoms with van der Waals surface area (Å²) in [6.07, 6.45) is 33.5. The molecule has 38 heavy (non-hydrogen) atoms. The van der Waals surface area contributed by atoms with Crippen molar-refractivity contribution < 1.29 is 9.53 Å². The van der Waals surface area contributed by atoms with Gasteiger partial charge in [-0.25, -0.2) is 0 Å². The summed E-state index contributed by atoms with van der Waals surface area (Å²) in [6.45, 7) is 6.13. The molecule has 5 heteroatoms. The van der Waals surface area contributed by atoms with Crippen molar-refractivity contribution in [3.05, 3.63) is 0 Å². The minimum absolute atomic E-state index is 0.00952. The van der Waals surface area contributed by atoms with E-state index in [0.29, 0.717) is 3.92 Å². The molecule has 0 aromatic carbocycles. The van der Waals surface area contributed by atoms with E-state index in [2.05, 4.69) is 36.4 Å². The second-order valence-electron chi connectivity index (χ2n) is 11.2. The van der Waals surface area contributed by atoms with Crippen LogP contribution in [-0.2, 0) is 9.53 Å². The first-order valence-corrected chi connectivity index (χ1v) is 20.1. The monoisotopic (exact) mass is 684 g/mol. The van der Waals surface area contributed by atoms with E-state index in [-0.39, 0.29) is 11.4 Å². The molecule has 228 valence electrons. The fourth-order valence-corrected chi connectivity index (χ4v) is 8.58. The van der Waals surface area contributed by atoms with Crippen LogP contribution in [0.2, 0.25) is 0 Å². The van der Waals surface area contributed by atoms with E-state index < -0.39 is 0 Å². The first-order chi connectivity index (χ1) is 18.6. The van der Waals surface area contributed by atoms with E-state index in [4.69, 9.17) is 4.74 Å². The van der Waals surface area contributed by atoms with E-state index in [1.54, 1.807) is 6.92 Å². The molecule has 0 aromatic heterocycles. The van der Waals surface area contributed by atoms with Gasteiger partial charge >= 0.3 is 5.97 Å². The summed E-state index contributed by atoms with van der Waals surface area (Å²) in [5.41, 5.74) is 0.00952. The highest BCUT2D eigenvalue weighted by Crippen LogP contribution is 2.27. The van der Waals surface area contributed by atoms with Crippen LogP contribution in [0, 0.1) is 0 Å². The van der Waals surface area contributed by atoms with Crippen LogP contribution < -0.4 is 0 Å². The molecule has 2 atom stereocenters. The minimum atomic E-state index is -0.134. The topological polar surface area (TPSA) is 26.3 Å². The molecule has 0 aliphatic carbocycles. The predicted molar refractivity (Wildman–Crippen MR) is 185 cm³/mol. The van der Waals surface area contributed by atoms with E-state index >= 15 is 0 Å². The molecular weight excluding hydrogens is 619 g/mol. The third-order valence-electron chi connectivity index (χ3n) is 7.28. The van der Waals surface area contributed by atoms with Crippen molar-refractivity contribution in [2.45, 2.75) is 184 Å². The van der Waals surface area contributed by atoms with Crippen molar-refractivity contribution in [1.29, 1.82) is 0 Å². The van der Waals surface area contributed by atoms with Crippen LogP contribution in [0.3, 0.4) is 0 Å². The van der Waals surface area contributed by atoms with Gasteiger partial charge in [0.15, 0.2) is 5.44 Å². The van der Waals surface area contributed by atoms with Crippen LogP contribution in [0.1, 0.15) is 175 Å². The normalized spacial score (nSPS) is 13.1. The van der Waals surface area contributed by atoms with Crippen molar-refractivity contribution >= 4 is 52.1 Å². The molecule has 0 aliphatic rings. The zero-order valence-corrected chi connectivity index (χ0v) is 29.5. The van der Waals surface area contributed by atoms with Gasteiger partial charge in [-0.1, -0.05) is 178 Å². The predicted octanol–water partition coefficient (Wildman–Crippen LogP) is 12.5. The number of hydrogen-bond acceptors (Lipinski definition) is 4. The number of carbonyl (C=O) groups excluding carboxylic acids is 1. The number of esters is 1. The largest absolute Gasteiger partial charge is 0.450 e. The molecule has 0 bridgehead atoms. The summed E-state index contributed by atoms with van der Waals surface area (Å²) >= 11 is 6.42. The van der Waals surface area contributed by atoms with Gasteiger partial charge in [0, 0.05) is 12.7 Å². The number of ether oxygens (including phenoxy) is 1. The van der Waals surface area contributed by atoms with Gasteiger partial charge in [0.1, 0.15) is 0 Å². The summed E-state index contributed by atoms with van der Waals surface area (Å²) in [5, 5.41) is 0. The lowest BCUT2D eigenvalue weighted by Crippen LogP contribution is -2.25. The van der Waals surface area contributed by atoms with Crippen LogP contribution in [0.25, 0.3) is 0 Å². The van der Waals surface area contributed by atoms with Crippen molar-refractivity contribution in [3.8, 4) is 0 Å². The van der Waals surface area contributed by atoms with Gasteiger partial charge in [-0.2, -0.15) is 11.8 Å². The highest BCUT2D eigenvalue weighted by molar-refractivity contribution is 14.1. The van der Waals surface area contributed by atoms with Crippen LogP contribution in [0.15, 0.2) is 0 Å². The lowest BCUT2D eigenvalue weighted by molar-refractivity contribution is -0.142. The molecule has 0 rings (SSSR count). The average Bonchev–Trinajstić information content (AvgIpc) is 2.90. The average molecular weight is 685 g/mol. The van der Waals surface area contributed by atoms with Crippen molar-refractivity contribution in [3.63, 3.8) is 0 Å². The Morgan fingerprint density at radius 1 is 0.579 bits per heavy atom. The first-order valence-electron chi connectivity index (χ1n) is 16.6. The Kier molecular flexibility index (Phi) is 33.2. The highest BCUT2D eigenvalue weighted by Gasteiger charge is 2.22. The van der Waals surface area contributed by atoms with Crippen LogP contribution >= 0.6 is 46.1 Å². The molecular formula is C33H65IO2S2. The Morgan fingerprint density at radius 3 is 1.29 bits per heavy atom. The summed E-state index contributed by atoms with van der Waals surface area (Å²) in [5.74, 6) is 3.30. The zero-order valence-electron chi connectivity index (χ0n) is 25.8. The Balaban J connectivity index is 3.64.